The third-order valence-electron chi connectivity index (χ3n) is 4.12. The van der Waals surface area contributed by atoms with Crippen molar-refractivity contribution in [3.8, 4) is 0 Å². The van der Waals surface area contributed by atoms with Crippen LogP contribution < -0.4 is 10.6 Å². The van der Waals surface area contributed by atoms with Crippen molar-refractivity contribution < 1.29 is 0 Å². The molecule has 2 N–H and O–H groups in total. The van der Waals surface area contributed by atoms with Gasteiger partial charge in [0.2, 0.25) is 0 Å². The third-order valence-corrected chi connectivity index (χ3v) is 4.12. The lowest BCUT2D eigenvalue weighted by atomic mass is 9.82. The van der Waals surface area contributed by atoms with Crippen LogP contribution in [0.15, 0.2) is 53.8 Å². The Bertz CT molecular complexity index is 627. The van der Waals surface area contributed by atoms with Crippen molar-refractivity contribution in [3.63, 3.8) is 0 Å². The number of rotatable bonds is 6. The van der Waals surface area contributed by atoms with Crippen molar-refractivity contribution in [2.45, 2.75) is 32.7 Å². The van der Waals surface area contributed by atoms with Gasteiger partial charge in [-0.2, -0.15) is 0 Å². The van der Waals surface area contributed by atoms with Gasteiger partial charge in [0.05, 0.1) is 0 Å². The first-order valence-corrected chi connectivity index (χ1v) is 8.14. The summed E-state index contributed by atoms with van der Waals surface area (Å²) in [5.41, 5.74) is 2.74. The van der Waals surface area contributed by atoms with Crippen molar-refractivity contribution in [1.29, 1.82) is 0 Å². The summed E-state index contributed by atoms with van der Waals surface area (Å²) in [4.78, 5) is 4.31. The Labute approximate surface area is 139 Å². The van der Waals surface area contributed by atoms with Gasteiger partial charge in [-0.05, 0) is 30.2 Å². The van der Waals surface area contributed by atoms with Gasteiger partial charge in [0.25, 0.3) is 0 Å². The molecule has 0 aliphatic carbocycles. The number of benzene rings is 1. The summed E-state index contributed by atoms with van der Waals surface area (Å²) in [5, 5.41) is 6.81. The predicted molar refractivity (Wildman–Crippen MR) is 98.0 cm³/mol. The molecule has 4 nitrogen and oxygen atoms in total. The largest absolute Gasteiger partial charge is 0.356 e. The van der Waals surface area contributed by atoms with Crippen molar-refractivity contribution in [2.75, 3.05) is 20.1 Å². The van der Waals surface area contributed by atoms with E-state index >= 15 is 0 Å². The maximum absolute atomic E-state index is 4.31. The molecule has 1 aromatic heterocycles. The van der Waals surface area contributed by atoms with Crippen LogP contribution in [0.3, 0.4) is 0 Å². The summed E-state index contributed by atoms with van der Waals surface area (Å²) < 4.78 is 2.15. The van der Waals surface area contributed by atoms with Crippen LogP contribution in [0.4, 0.5) is 0 Å². The zero-order valence-electron chi connectivity index (χ0n) is 14.6. The first-order chi connectivity index (χ1) is 11.0. The minimum Gasteiger partial charge on any atom is -0.356 e. The first-order valence-electron chi connectivity index (χ1n) is 8.14. The van der Waals surface area contributed by atoms with Crippen LogP contribution >= 0.6 is 0 Å². The number of nitrogens with zero attached hydrogens (tertiary/aromatic N) is 2. The van der Waals surface area contributed by atoms with Gasteiger partial charge in [-0.15, -0.1) is 0 Å². The van der Waals surface area contributed by atoms with E-state index in [1.165, 1.54) is 11.1 Å². The molecule has 0 aliphatic heterocycles. The standard InChI is InChI=1S/C19H28N4/c1-16-9-5-6-10-17(16)19(2,3)15-22-18(20-4)21-11-14-23-12-7-8-13-23/h5-10,12-13H,11,14-15H2,1-4H3,(H2,20,21,22). The van der Waals surface area contributed by atoms with Gasteiger partial charge in [0, 0.05) is 44.5 Å². The molecule has 2 aromatic rings. The average Bonchev–Trinajstić information content (AvgIpc) is 3.04. The van der Waals surface area contributed by atoms with Crippen LogP contribution in [0, 0.1) is 6.92 Å². The second-order valence-corrected chi connectivity index (χ2v) is 6.47. The molecule has 124 valence electrons. The fourth-order valence-corrected chi connectivity index (χ4v) is 2.78. The van der Waals surface area contributed by atoms with Crippen LogP contribution in [0.5, 0.6) is 0 Å². The first kappa shape index (κ1) is 17.1. The van der Waals surface area contributed by atoms with Crippen molar-refractivity contribution >= 4 is 5.96 Å². The summed E-state index contributed by atoms with van der Waals surface area (Å²) >= 11 is 0. The Balaban J connectivity index is 1.86. The molecule has 0 atom stereocenters. The van der Waals surface area contributed by atoms with Crippen LogP contribution in [-0.2, 0) is 12.0 Å². The number of hydrogen-bond acceptors (Lipinski definition) is 1. The molecule has 2 rings (SSSR count). The van der Waals surface area contributed by atoms with E-state index in [1.54, 1.807) is 0 Å². The van der Waals surface area contributed by atoms with Gasteiger partial charge < -0.3 is 15.2 Å². The third kappa shape index (κ3) is 4.88. The Hall–Kier alpha value is -2.23. The highest BCUT2D eigenvalue weighted by Gasteiger charge is 2.22. The Morgan fingerprint density at radius 3 is 2.43 bits per heavy atom. The molecule has 0 amide bonds. The minimum atomic E-state index is 0.0450. The maximum Gasteiger partial charge on any atom is 0.191 e. The molecule has 0 bridgehead atoms. The average molecular weight is 312 g/mol. The maximum atomic E-state index is 4.31. The van der Waals surface area contributed by atoms with Gasteiger partial charge >= 0.3 is 0 Å². The molecule has 1 aromatic carbocycles. The van der Waals surface area contributed by atoms with E-state index < -0.39 is 0 Å². The topological polar surface area (TPSA) is 41.4 Å². The molecule has 0 saturated carbocycles. The number of hydrogen-bond donors (Lipinski definition) is 2. The van der Waals surface area contributed by atoms with E-state index in [1.807, 2.05) is 19.2 Å². The second-order valence-electron chi connectivity index (χ2n) is 6.47. The van der Waals surface area contributed by atoms with Gasteiger partial charge in [-0.25, -0.2) is 0 Å². The molecular formula is C19H28N4. The lowest BCUT2D eigenvalue weighted by Gasteiger charge is -2.28. The van der Waals surface area contributed by atoms with Crippen LogP contribution in [0.1, 0.15) is 25.0 Å². The predicted octanol–water partition coefficient (Wildman–Crippen LogP) is 2.94. The van der Waals surface area contributed by atoms with Gasteiger partial charge in [-0.3, -0.25) is 4.99 Å². The van der Waals surface area contributed by atoms with Crippen molar-refractivity contribution in [1.82, 2.24) is 15.2 Å². The number of guanidine groups is 1. The molecule has 23 heavy (non-hydrogen) atoms. The minimum absolute atomic E-state index is 0.0450. The molecule has 4 heteroatoms. The quantitative estimate of drug-likeness (QED) is 0.636. The lowest BCUT2D eigenvalue weighted by Crippen LogP contribution is -2.44. The molecule has 0 fully saturated rings. The van der Waals surface area contributed by atoms with Gasteiger partial charge in [-0.1, -0.05) is 38.1 Å². The number of aryl methyl sites for hydroxylation is 1. The fraction of sp³-hybridized carbons (Fsp3) is 0.421. The normalized spacial score (nSPS) is 12.3. The highest BCUT2D eigenvalue weighted by molar-refractivity contribution is 5.79. The molecule has 0 saturated heterocycles. The molecule has 0 aliphatic rings. The molecular weight excluding hydrogens is 284 g/mol. The number of nitrogens with one attached hydrogen (secondary N) is 2. The zero-order chi connectivity index (χ0) is 16.7. The second kappa shape index (κ2) is 7.86. The summed E-state index contributed by atoms with van der Waals surface area (Å²) in [7, 11) is 1.81. The van der Waals surface area contributed by atoms with Crippen LogP contribution in [0.2, 0.25) is 0 Å². The highest BCUT2D eigenvalue weighted by Crippen LogP contribution is 2.25. The Kier molecular flexibility index (Phi) is 5.85. The molecule has 0 radical (unpaired) electrons. The number of aromatic nitrogens is 1. The summed E-state index contributed by atoms with van der Waals surface area (Å²) in [5.74, 6) is 0.846. The molecule has 1 heterocycles. The summed E-state index contributed by atoms with van der Waals surface area (Å²) in [6.45, 7) is 9.29. The highest BCUT2D eigenvalue weighted by atomic mass is 15.2. The van der Waals surface area contributed by atoms with E-state index in [0.29, 0.717) is 0 Å². The molecule has 0 spiro atoms. The van der Waals surface area contributed by atoms with Crippen LogP contribution in [-0.4, -0.2) is 30.7 Å². The fourth-order valence-electron chi connectivity index (χ4n) is 2.78. The Morgan fingerprint density at radius 2 is 1.78 bits per heavy atom. The van der Waals surface area contributed by atoms with Gasteiger partial charge in [0.15, 0.2) is 5.96 Å². The lowest BCUT2D eigenvalue weighted by molar-refractivity contribution is 0.505. The SMILES string of the molecule is CN=C(NCCn1cccc1)NCC(C)(C)c1ccccc1C. The van der Waals surface area contributed by atoms with E-state index in [2.05, 4.69) is 77.6 Å². The smallest absolute Gasteiger partial charge is 0.191 e. The summed E-state index contributed by atoms with van der Waals surface area (Å²) in [6.07, 6.45) is 4.14. The monoisotopic (exact) mass is 312 g/mol. The van der Waals surface area contributed by atoms with E-state index in [9.17, 15) is 0 Å². The van der Waals surface area contributed by atoms with Gasteiger partial charge in [0.1, 0.15) is 0 Å². The Morgan fingerprint density at radius 1 is 1.09 bits per heavy atom. The zero-order valence-corrected chi connectivity index (χ0v) is 14.6. The van der Waals surface area contributed by atoms with E-state index in [0.717, 1.165) is 25.6 Å². The summed E-state index contributed by atoms with van der Waals surface area (Å²) in [6, 6.07) is 12.6. The number of aliphatic imine (C=N–C) groups is 1. The van der Waals surface area contributed by atoms with E-state index in [-0.39, 0.29) is 5.41 Å². The van der Waals surface area contributed by atoms with E-state index in [4.69, 9.17) is 0 Å². The van der Waals surface area contributed by atoms with Crippen molar-refractivity contribution in [2.24, 2.45) is 4.99 Å². The van der Waals surface area contributed by atoms with Crippen LogP contribution in [0.25, 0.3) is 0 Å². The molecule has 0 unspecified atom stereocenters. The van der Waals surface area contributed by atoms with Crippen molar-refractivity contribution in [3.05, 3.63) is 59.9 Å².